The number of aromatic nitrogens is 2. The molecule has 0 atom stereocenters. The van der Waals surface area contributed by atoms with Crippen LogP contribution in [0.5, 0.6) is 0 Å². The number of nitrogens with two attached hydrogens (primary N) is 1. The van der Waals surface area contributed by atoms with Gasteiger partial charge in [-0.25, -0.2) is 4.98 Å². The van der Waals surface area contributed by atoms with Crippen LogP contribution in [0, 0.1) is 11.3 Å². The molecule has 1 heterocycles. The first-order chi connectivity index (χ1) is 8.61. The highest BCUT2D eigenvalue weighted by Crippen LogP contribution is 2.14. The second kappa shape index (κ2) is 4.75. The molecule has 1 aromatic carbocycles. The predicted molar refractivity (Wildman–Crippen MR) is 70.3 cm³/mol. The summed E-state index contributed by atoms with van der Waals surface area (Å²) in [7, 11) is 1.78. The van der Waals surface area contributed by atoms with Gasteiger partial charge in [-0.3, -0.25) is 9.78 Å². The number of aromatic amines is 1. The smallest absolute Gasteiger partial charge is 0.260 e. The molecule has 2 rings (SSSR count). The first-order valence-corrected chi connectivity index (χ1v) is 5.49. The minimum atomic E-state index is -0.230. The maximum Gasteiger partial charge on any atom is 0.260 e. The van der Waals surface area contributed by atoms with Gasteiger partial charge >= 0.3 is 0 Å². The molecule has 0 radical (unpaired) electrons. The Bertz CT molecular complexity index is 670. The number of nitrogens with zero attached hydrogens (tertiary/aromatic N) is 3. The van der Waals surface area contributed by atoms with Gasteiger partial charge in [-0.15, -0.1) is 0 Å². The molecule has 18 heavy (non-hydrogen) atoms. The van der Waals surface area contributed by atoms with Crippen molar-refractivity contribution >= 4 is 22.5 Å². The summed E-state index contributed by atoms with van der Waals surface area (Å²) in [5, 5.41) is 9.00. The molecule has 0 bridgehead atoms. The molecule has 0 saturated heterocycles. The summed E-state index contributed by atoms with van der Waals surface area (Å²) in [4.78, 5) is 20.6. The second-order valence-electron chi connectivity index (χ2n) is 4.00. The van der Waals surface area contributed by atoms with Crippen LogP contribution in [0.1, 0.15) is 6.42 Å². The molecule has 1 aromatic heterocycles. The van der Waals surface area contributed by atoms with Crippen molar-refractivity contribution < 1.29 is 0 Å². The Hall–Kier alpha value is -2.55. The third kappa shape index (κ3) is 2.25. The molecule has 6 heteroatoms. The van der Waals surface area contributed by atoms with E-state index in [4.69, 9.17) is 11.0 Å². The molecule has 0 saturated carbocycles. The van der Waals surface area contributed by atoms with E-state index >= 15 is 0 Å². The highest BCUT2D eigenvalue weighted by Gasteiger charge is 2.07. The fourth-order valence-corrected chi connectivity index (χ4v) is 1.65. The second-order valence-corrected chi connectivity index (χ2v) is 4.00. The number of nitrogen functional groups attached to an aromatic ring is 1. The number of nitriles is 1. The number of H-pyrrole nitrogens is 1. The van der Waals surface area contributed by atoms with Crippen LogP contribution in [-0.2, 0) is 0 Å². The molecule has 92 valence electrons. The van der Waals surface area contributed by atoms with E-state index in [1.54, 1.807) is 30.1 Å². The van der Waals surface area contributed by atoms with Crippen LogP contribution in [-0.4, -0.2) is 23.6 Å². The molecule has 0 unspecified atom stereocenters. The Labute approximate surface area is 104 Å². The summed E-state index contributed by atoms with van der Waals surface area (Å²) in [6.07, 6.45) is 0.375. The van der Waals surface area contributed by atoms with Crippen LogP contribution in [0.25, 0.3) is 10.9 Å². The highest BCUT2D eigenvalue weighted by atomic mass is 16.1. The molecule has 0 aliphatic heterocycles. The van der Waals surface area contributed by atoms with Crippen LogP contribution in [0.2, 0.25) is 0 Å². The molecule has 0 amide bonds. The standard InChI is InChI=1S/C12H13N5O/c1-17(6-2-5-13)12-15-10-4-3-8(14)7-9(10)11(18)16-12/h3-4,7H,2,6,14H2,1H3,(H,15,16,18). The lowest BCUT2D eigenvalue weighted by molar-refractivity contribution is 0.860. The largest absolute Gasteiger partial charge is 0.399 e. The Morgan fingerprint density at radius 2 is 2.33 bits per heavy atom. The normalized spacial score (nSPS) is 10.2. The summed E-state index contributed by atoms with van der Waals surface area (Å²) < 4.78 is 0. The number of benzene rings is 1. The summed E-state index contributed by atoms with van der Waals surface area (Å²) in [5.74, 6) is 0.451. The summed E-state index contributed by atoms with van der Waals surface area (Å²) >= 11 is 0. The molecule has 0 aliphatic rings. The molecule has 0 fully saturated rings. The van der Waals surface area contributed by atoms with Crippen LogP contribution in [0.3, 0.4) is 0 Å². The van der Waals surface area contributed by atoms with Crippen molar-refractivity contribution in [1.29, 1.82) is 5.26 Å². The van der Waals surface area contributed by atoms with Crippen molar-refractivity contribution in [1.82, 2.24) is 9.97 Å². The third-order valence-electron chi connectivity index (χ3n) is 2.64. The van der Waals surface area contributed by atoms with Crippen molar-refractivity contribution in [2.24, 2.45) is 0 Å². The minimum absolute atomic E-state index is 0.230. The van der Waals surface area contributed by atoms with Crippen LogP contribution < -0.4 is 16.2 Å². The first kappa shape index (κ1) is 11.9. The quantitative estimate of drug-likeness (QED) is 0.779. The van der Waals surface area contributed by atoms with E-state index < -0.39 is 0 Å². The zero-order valence-electron chi connectivity index (χ0n) is 9.97. The molecular formula is C12H13N5O. The van der Waals surface area contributed by atoms with Gasteiger partial charge in [0.1, 0.15) is 0 Å². The Kier molecular flexibility index (Phi) is 3.15. The SMILES string of the molecule is CN(CCC#N)c1nc2ccc(N)cc2c(=O)[nH]1. The van der Waals surface area contributed by atoms with Gasteiger partial charge in [-0.1, -0.05) is 0 Å². The van der Waals surface area contributed by atoms with E-state index in [2.05, 4.69) is 9.97 Å². The van der Waals surface area contributed by atoms with Crippen LogP contribution in [0.4, 0.5) is 11.6 Å². The molecule has 3 N–H and O–H groups in total. The Morgan fingerprint density at radius 1 is 1.56 bits per heavy atom. The van der Waals surface area contributed by atoms with E-state index in [0.717, 1.165) is 0 Å². The first-order valence-electron chi connectivity index (χ1n) is 5.49. The average molecular weight is 243 g/mol. The third-order valence-corrected chi connectivity index (χ3v) is 2.64. The maximum atomic E-state index is 11.9. The lowest BCUT2D eigenvalue weighted by Crippen LogP contribution is -2.24. The van der Waals surface area contributed by atoms with Gasteiger partial charge in [0.05, 0.1) is 23.4 Å². The van der Waals surface area contributed by atoms with Gasteiger partial charge in [-0.2, -0.15) is 5.26 Å². The van der Waals surface area contributed by atoms with Gasteiger partial charge in [-0.05, 0) is 18.2 Å². The van der Waals surface area contributed by atoms with E-state index in [0.29, 0.717) is 35.5 Å². The number of anilines is 2. The molecule has 0 aliphatic carbocycles. The van der Waals surface area contributed by atoms with E-state index in [9.17, 15) is 4.79 Å². The summed E-state index contributed by atoms with van der Waals surface area (Å²) in [6.45, 7) is 0.514. The summed E-state index contributed by atoms with van der Waals surface area (Å²) in [6, 6.07) is 7.06. The topological polar surface area (TPSA) is 98.8 Å². The number of nitrogens with one attached hydrogen (secondary N) is 1. The number of rotatable bonds is 3. The van der Waals surface area contributed by atoms with Crippen LogP contribution >= 0.6 is 0 Å². The van der Waals surface area contributed by atoms with Gasteiger partial charge in [0.25, 0.3) is 5.56 Å². The van der Waals surface area contributed by atoms with Gasteiger partial charge in [0, 0.05) is 19.3 Å². The molecular weight excluding hydrogens is 230 g/mol. The molecule has 6 nitrogen and oxygen atoms in total. The lowest BCUT2D eigenvalue weighted by Gasteiger charge is -2.16. The zero-order chi connectivity index (χ0) is 13.1. The van der Waals surface area contributed by atoms with Crippen molar-refractivity contribution in [3.8, 4) is 6.07 Å². The van der Waals surface area contributed by atoms with Crippen LogP contribution in [0.15, 0.2) is 23.0 Å². The van der Waals surface area contributed by atoms with Crippen molar-refractivity contribution in [2.45, 2.75) is 6.42 Å². The highest BCUT2D eigenvalue weighted by molar-refractivity contribution is 5.81. The van der Waals surface area contributed by atoms with E-state index in [1.807, 2.05) is 6.07 Å². The zero-order valence-corrected chi connectivity index (χ0v) is 9.97. The summed E-state index contributed by atoms with van der Waals surface area (Å²) in [5.41, 5.74) is 6.52. The van der Waals surface area contributed by atoms with Crippen molar-refractivity contribution in [3.63, 3.8) is 0 Å². The van der Waals surface area contributed by atoms with Gasteiger partial charge in [0.2, 0.25) is 5.95 Å². The predicted octanol–water partition coefficient (Wildman–Crippen LogP) is 0.855. The minimum Gasteiger partial charge on any atom is -0.399 e. The number of fused-ring (bicyclic) bond motifs is 1. The van der Waals surface area contributed by atoms with Crippen molar-refractivity contribution in [2.75, 3.05) is 24.2 Å². The van der Waals surface area contributed by atoms with Gasteiger partial charge in [0.15, 0.2) is 0 Å². The lowest BCUT2D eigenvalue weighted by atomic mass is 10.2. The monoisotopic (exact) mass is 243 g/mol. The molecule has 2 aromatic rings. The fraction of sp³-hybridized carbons (Fsp3) is 0.250. The van der Waals surface area contributed by atoms with E-state index in [1.165, 1.54) is 0 Å². The molecule has 0 spiro atoms. The Morgan fingerprint density at radius 3 is 3.06 bits per heavy atom. The fourth-order valence-electron chi connectivity index (χ4n) is 1.65. The average Bonchev–Trinajstić information content (AvgIpc) is 2.36. The Balaban J connectivity index is 2.47. The maximum absolute atomic E-state index is 11.9. The van der Waals surface area contributed by atoms with Gasteiger partial charge < -0.3 is 10.6 Å². The number of hydrogen-bond acceptors (Lipinski definition) is 5. The van der Waals surface area contributed by atoms with Crippen molar-refractivity contribution in [3.05, 3.63) is 28.6 Å². The van der Waals surface area contributed by atoms with E-state index in [-0.39, 0.29) is 5.56 Å². The number of hydrogen-bond donors (Lipinski definition) is 2.